The molecule has 0 saturated carbocycles. The zero-order valence-corrected chi connectivity index (χ0v) is 19.0. The highest BCUT2D eigenvalue weighted by Crippen LogP contribution is 2.47. The van der Waals surface area contributed by atoms with Crippen LogP contribution in [0.25, 0.3) is 10.3 Å². The van der Waals surface area contributed by atoms with Gasteiger partial charge in [-0.15, -0.1) is 0 Å². The first-order valence-electron chi connectivity index (χ1n) is 11.2. The Kier molecular flexibility index (Phi) is 5.73. The summed E-state index contributed by atoms with van der Waals surface area (Å²) in [6.07, 6.45) is 9.97. The van der Waals surface area contributed by atoms with Gasteiger partial charge in [-0.1, -0.05) is 35.6 Å². The first-order valence-corrected chi connectivity index (χ1v) is 12.0. The minimum Gasteiger partial charge on any atom is -0.350 e. The number of anilines is 1. The molecule has 2 N–H and O–H groups in total. The second-order valence-corrected chi connectivity index (χ2v) is 9.97. The van der Waals surface area contributed by atoms with Crippen LogP contribution in [0.15, 0.2) is 34.9 Å². The first kappa shape index (κ1) is 21.1. The van der Waals surface area contributed by atoms with E-state index < -0.39 is 0 Å². The lowest BCUT2D eigenvalue weighted by Gasteiger charge is -2.22. The molecule has 2 aromatic rings. The van der Waals surface area contributed by atoms with Gasteiger partial charge in [0, 0.05) is 24.2 Å². The van der Waals surface area contributed by atoms with E-state index in [1.807, 2.05) is 0 Å². The largest absolute Gasteiger partial charge is 0.350 e. The predicted octanol–water partition coefficient (Wildman–Crippen LogP) is 3.01. The van der Waals surface area contributed by atoms with Crippen molar-refractivity contribution >= 4 is 33.4 Å². The van der Waals surface area contributed by atoms with Crippen molar-refractivity contribution in [2.45, 2.75) is 32.6 Å². The van der Waals surface area contributed by atoms with Crippen LogP contribution in [-0.4, -0.2) is 53.6 Å². The fraction of sp³-hybridized carbons (Fsp3) is 0.545. The summed E-state index contributed by atoms with van der Waals surface area (Å²) in [5.74, 6) is 1.02. The average molecular weight is 454 g/mol. The monoisotopic (exact) mass is 453 g/mol. The number of hydrogen-bond donors (Lipinski definition) is 2. The highest BCUT2D eigenvalue weighted by molar-refractivity contribution is 7.19. The topological polar surface area (TPSA) is 112 Å². The summed E-state index contributed by atoms with van der Waals surface area (Å²) in [7, 11) is 0. The molecule has 5 rings (SSSR count). The number of nitrogens with zero attached hydrogens (tertiary/aromatic N) is 5. The van der Waals surface area contributed by atoms with Gasteiger partial charge < -0.3 is 15.5 Å². The maximum absolute atomic E-state index is 12.8. The van der Waals surface area contributed by atoms with E-state index in [0.717, 1.165) is 50.0 Å². The highest BCUT2D eigenvalue weighted by atomic mass is 32.1. The van der Waals surface area contributed by atoms with Gasteiger partial charge in [0.15, 0.2) is 10.8 Å². The van der Waals surface area contributed by atoms with E-state index in [1.165, 1.54) is 17.7 Å². The summed E-state index contributed by atoms with van der Waals surface area (Å²) in [5.41, 5.74) is 2.47. The molecule has 4 heterocycles. The summed E-state index contributed by atoms with van der Waals surface area (Å²) < 4.78 is 0. The van der Waals surface area contributed by atoms with Gasteiger partial charge in [0.05, 0.1) is 6.54 Å². The minimum atomic E-state index is -0.365. The van der Waals surface area contributed by atoms with Crippen LogP contribution in [0, 0.1) is 16.2 Å². The molecule has 2 saturated heterocycles. The van der Waals surface area contributed by atoms with Crippen molar-refractivity contribution < 1.29 is 4.79 Å². The van der Waals surface area contributed by atoms with Gasteiger partial charge >= 0.3 is 0 Å². The molecule has 0 radical (unpaired) electrons. The molecule has 2 aromatic heterocycles. The molecule has 0 aromatic carbocycles. The minimum absolute atomic E-state index is 0.161. The van der Waals surface area contributed by atoms with E-state index in [2.05, 4.69) is 54.7 Å². The first-order chi connectivity index (χ1) is 15.6. The molecule has 1 atom stereocenters. The van der Waals surface area contributed by atoms with Crippen molar-refractivity contribution in [3.63, 3.8) is 0 Å². The number of rotatable bonds is 6. The van der Waals surface area contributed by atoms with Crippen molar-refractivity contribution in [2.75, 3.05) is 37.6 Å². The number of carbonyl (C=O) groups is 1. The van der Waals surface area contributed by atoms with Gasteiger partial charge in [-0.2, -0.15) is 4.91 Å². The number of aromatic nitrogens is 3. The number of thiazole rings is 1. The van der Waals surface area contributed by atoms with Crippen molar-refractivity contribution in [1.82, 2.24) is 25.6 Å². The van der Waals surface area contributed by atoms with E-state index in [1.54, 1.807) is 0 Å². The van der Waals surface area contributed by atoms with Crippen LogP contribution in [-0.2, 0) is 0 Å². The summed E-state index contributed by atoms with van der Waals surface area (Å²) >= 11 is 1.29. The van der Waals surface area contributed by atoms with Gasteiger partial charge in [0.25, 0.3) is 5.91 Å². The lowest BCUT2D eigenvalue weighted by molar-refractivity contribution is 0.0944. The molecule has 2 aliphatic heterocycles. The van der Waals surface area contributed by atoms with Crippen molar-refractivity contribution in [1.29, 1.82) is 0 Å². The fourth-order valence-corrected chi connectivity index (χ4v) is 5.71. The van der Waals surface area contributed by atoms with Gasteiger partial charge in [-0.05, 0) is 50.3 Å². The summed E-state index contributed by atoms with van der Waals surface area (Å²) in [4.78, 5) is 40.3. The Labute approximate surface area is 190 Å². The van der Waals surface area contributed by atoms with Crippen LogP contribution in [0.5, 0.6) is 0 Å². The summed E-state index contributed by atoms with van der Waals surface area (Å²) in [6, 6.07) is 0. The number of carbonyl (C=O) groups excluding carboxylic acids is 1. The Balaban J connectivity index is 1.42. The second kappa shape index (κ2) is 8.67. The number of nitroso groups, excluding NO2 is 1. The predicted molar refractivity (Wildman–Crippen MR) is 125 cm³/mol. The van der Waals surface area contributed by atoms with Gasteiger partial charge in [0.2, 0.25) is 0 Å². The Morgan fingerprint density at radius 3 is 2.94 bits per heavy atom. The molecule has 2 fully saturated rings. The molecule has 1 amide bonds. The van der Waals surface area contributed by atoms with Crippen LogP contribution in [0.1, 0.15) is 42.4 Å². The van der Waals surface area contributed by atoms with E-state index in [4.69, 9.17) is 0 Å². The van der Waals surface area contributed by atoms with E-state index in [-0.39, 0.29) is 17.9 Å². The zero-order chi connectivity index (χ0) is 22.1. The van der Waals surface area contributed by atoms with Crippen LogP contribution >= 0.6 is 11.3 Å². The quantitative estimate of drug-likeness (QED) is 0.647. The molecule has 0 bridgehead atoms. The third-order valence-corrected chi connectivity index (χ3v) is 7.59. The lowest BCUT2D eigenvalue weighted by atomic mass is 9.82. The van der Waals surface area contributed by atoms with Crippen LogP contribution < -0.4 is 15.5 Å². The molecule has 10 heteroatoms. The molecule has 9 nitrogen and oxygen atoms in total. The summed E-state index contributed by atoms with van der Waals surface area (Å²) in [5, 5.41) is 10.0. The average Bonchev–Trinajstić information content (AvgIpc) is 3.38. The molecular weight excluding hydrogens is 426 g/mol. The third kappa shape index (κ3) is 3.81. The standard InChI is InChI=1S/C22H27N7O2S/c1-22(11-27-31)12-29(16-5-3-2-4-15(16)22)18-17-20(26-13-25-18)32-21(28-17)19(30)24-10-14-6-8-23-9-7-14/h4-5,13-14,23H,2-3,6-12H2,1H3,(H,24,30). The molecule has 32 heavy (non-hydrogen) atoms. The molecular formula is C22H27N7O2S. The normalized spacial score (nSPS) is 23.6. The van der Waals surface area contributed by atoms with Crippen molar-refractivity contribution in [2.24, 2.45) is 16.5 Å². The SMILES string of the molecule is CC1(CN=O)CN(c2ncnc3sc(C(=O)NCC4CCNCC4)nc23)C2=CCCC=C21. The third-order valence-electron chi connectivity index (χ3n) is 6.63. The highest BCUT2D eigenvalue weighted by Gasteiger charge is 2.44. The Bertz CT molecular complexity index is 1100. The number of fused-ring (bicyclic) bond motifs is 2. The fourth-order valence-electron chi connectivity index (χ4n) is 4.89. The zero-order valence-electron chi connectivity index (χ0n) is 18.1. The second-order valence-electron chi connectivity index (χ2n) is 8.99. The number of amides is 1. The van der Waals surface area contributed by atoms with Crippen LogP contribution in [0.4, 0.5) is 5.82 Å². The van der Waals surface area contributed by atoms with Crippen molar-refractivity contribution in [3.8, 4) is 0 Å². The van der Waals surface area contributed by atoms with Gasteiger partial charge in [-0.3, -0.25) is 4.79 Å². The van der Waals surface area contributed by atoms with Gasteiger partial charge in [0.1, 0.15) is 16.7 Å². The van der Waals surface area contributed by atoms with Crippen molar-refractivity contribution in [3.05, 3.63) is 39.7 Å². The molecule has 1 unspecified atom stereocenters. The molecule has 1 aliphatic carbocycles. The van der Waals surface area contributed by atoms with Crippen LogP contribution in [0.3, 0.4) is 0 Å². The maximum Gasteiger partial charge on any atom is 0.280 e. The van der Waals surface area contributed by atoms with Gasteiger partial charge in [-0.25, -0.2) is 15.0 Å². The number of hydrogen-bond acceptors (Lipinski definition) is 9. The summed E-state index contributed by atoms with van der Waals surface area (Å²) in [6.45, 7) is 5.54. The van der Waals surface area contributed by atoms with E-state index >= 15 is 0 Å². The number of nitrogens with one attached hydrogen (secondary N) is 2. The number of allylic oxidation sites excluding steroid dienone is 3. The Hall–Kier alpha value is -2.72. The Morgan fingerprint density at radius 2 is 2.12 bits per heavy atom. The lowest BCUT2D eigenvalue weighted by Crippen LogP contribution is -2.35. The van der Waals surface area contributed by atoms with Crippen LogP contribution in [0.2, 0.25) is 0 Å². The molecule has 0 spiro atoms. The van der Waals surface area contributed by atoms with E-state index in [0.29, 0.717) is 40.2 Å². The number of piperidine rings is 1. The Morgan fingerprint density at radius 1 is 1.31 bits per heavy atom. The smallest absolute Gasteiger partial charge is 0.280 e. The maximum atomic E-state index is 12.8. The van der Waals surface area contributed by atoms with E-state index in [9.17, 15) is 9.70 Å². The molecule has 168 valence electrons. The molecule has 3 aliphatic rings.